The molecule has 0 saturated carbocycles. The number of H-pyrrole nitrogens is 1. The topological polar surface area (TPSA) is 28.7 Å². The van der Waals surface area contributed by atoms with Gasteiger partial charge >= 0.3 is 0 Å². The number of rotatable bonds is 1. The summed E-state index contributed by atoms with van der Waals surface area (Å²) in [7, 11) is 0. The Morgan fingerprint density at radius 2 is 2.24 bits per heavy atom. The van der Waals surface area contributed by atoms with Crippen molar-refractivity contribution in [3.63, 3.8) is 0 Å². The fraction of sp³-hybridized carbons (Fsp3) is 0.267. The van der Waals surface area contributed by atoms with E-state index in [-0.39, 0.29) is 0 Å². The molecular weight excluding hydrogens is 208 g/mol. The predicted octanol–water partition coefficient (Wildman–Crippen LogP) is 1.91. The molecule has 1 heterocycles. The third-order valence-corrected chi connectivity index (χ3v) is 3.17. The van der Waals surface area contributed by atoms with E-state index in [1.807, 2.05) is 0 Å². The number of imidazole rings is 1. The Kier molecular flexibility index (Phi) is 2.56. The molecule has 0 amide bonds. The van der Waals surface area contributed by atoms with E-state index in [1.165, 1.54) is 10.9 Å². The van der Waals surface area contributed by atoms with E-state index in [0.717, 1.165) is 24.0 Å². The average Bonchev–Trinajstić information content (AvgIpc) is 2.57. The Morgan fingerprint density at radius 1 is 1.29 bits per heavy atom. The summed E-state index contributed by atoms with van der Waals surface area (Å²) in [5.74, 6) is 1.59. The molecule has 2 aliphatic rings. The molecule has 2 nitrogen and oxygen atoms in total. The van der Waals surface area contributed by atoms with Gasteiger partial charge in [0.25, 0.3) is 0 Å². The smallest absolute Gasteiger partial charge is 0.138 e. The lowest BCUT2D eigenvalue weighted by molar-refractivity contribution is 0.795. The van der Waals surface area contributed by atoms with Crippen LogP contribution in [0.15, 0.2) is 30.4 Å². The number of fused-ring (bicyclic) bond motifs is 1. The van der Waals surface area contributed by atoms with Crippen molar-refractivity contribution in [2.45, 2.75) is 19.8 Å². The van der Waals surface area contributed by atoms with Gasteiger partial charge in [-0.25, -0.2) is 4.98 Å². The van der Waals surface area contributed by atoms with Gasteiger partial charge in [0.15, 0.2) is 0 Å². The van der Waals surface area contributed by atoms with Crippen LogP contribution in [0.2, 0.25) is 0 Å². The Hall–Kier alpha value is -1.83. The summed E-state index contributed by atoms with van der Waals surface area (Å²) in [6, 6.07) is 0. The summed E-state index contributed by atoms with van der Waals surface area (Å²) >= 11 is 0. The Bertz CT molecular complexity index is 626. The molecule has 1 unspecified atom stereocenters. The van der Waals surface area contributed by atoms with Gasteiger partial charge in [0, 0.05) is 5.57 Å². The van der Waals surface area contributed by atoms with Gasteiger partial charge in [0.2, 0.25) is 0 Å². The third-order valence-electron chi connectivity index (χ3n) is 3.17. The molecule has 0 aliphatic heterocycles. The van der Waals surface area contributed by atoms with Crippen molar-refractivity contribution in [1.29, 1.82) is 0 Å². The van der Waals surface area contributed by atoms with Gasteiger partial charge in [-0.15, -0.1) is 0 Å². The van der Waals surface area contributed by atoms with Crippen LogP contribution in [0.5, 0.6) is 0 Å². The number of aromatic amines is 1. The first-order valence-corrected chi connectivity index (χ1v) is 6.15. The molecule has 0 spiro atoms. The van der Waals surface area contributed by atoms with E-state index in [4.69, 9.17) is 0 Å². The van der Waals surface area contributed by atoms with Crippen LogP contribution in [0, 0.1) is 5.92 Å². The van der Waals surface area contributed by atoms with Gasteiger partial charge < -0.3 is 4.98 Å². The minimum atomic E-state index is 0.608. The van der Waals surface area contributed by atoms with E-state index in [9.17, 15) is 0 Å². The lowest BCUT2D eigenvalue weighted by atomic mass is 10.0. The van der Waals surface area contributed by atoms with Gasteiger partial charge in [-0.3, -0.25) is 0 Å². The number of nitrogens with zero attached hydrogens (tertiary/aromatic N) is 1. The molecule has 1 aromatic heterocycles. The van der Waals surface area contributed by atoms with E-state index in [2.05, 4.69) is 59.4 Å². The molecule has 0 fully saturated rings. The molecule has 2 heteroatoms. The van der Waals surface area contributed by atoms with Crippen LogP contribution in [0.3, 0.4) is 0 Å². The molecule has 1 atom stereocenters. The molecule has 0 bridgehead atoms. The third kappa shape index (κ3) is 2.03. The van der Waals surface area contributed by atoms with Crippen LogP contribution in [0.1, 0.15) is 25.6 Å². The number of allylic oxidation sites excluding steroid dienone is 6. The molecule has 1 N–H and O–H groups in total. The molecular formula is C15H16N2. The lowest BCUT2D eigenvalue weighted by Gasteiger charge is -2.02. The largest absolute Gasteiger partial charge is 0.338 e. The zero-order valence-electron chi connectivity index (χ0n) is 9.98. The SMILES string of the molecule is CC1C=c2[nH]c(C3=CCC=CC=C3)nc2=CC1. The van der Waals surface area contributed by atoms with Gasteiger partial charge in [-0.1, -0.05) is 49.5 Å². The minimum Gasteiger partial charge on any atom is -0.338 e. The molecule has 1 aromatic rings. The van der Waals surface area contributed by atoms with Gasteiger partial charge in [-0.2, -0.15) is 0 Å². The van der Waals surface area contributed by atoms with Crippen molar-refractivity contribution in [3.05, 3.63) is 46.9 Å². The fourth-order valence-corrected chi connectivity index (χ4v) is 2.22. The maximum absolute atomic E-state index is 4.66. The summed E-state index contributed by atoms with van der Waals surface area (Å²) < 4.78 is 0. The van der Waals surface area contributed by atoms with Crippen molar-refractivity contribution in [2.24, 2.45) is 5.92 Å². The Morgan fingerprint density at radius 3 is 3.18 bits per heavy atom. The van der Waals surface area contributed by atoms with Crippen LogP contribution >= 0.6 is 0 Å². The first kappa shape index (κ1) is 10.3. The average molecular weight is 224 g/mol. The second kappa shape index (κ2) is 4.21. The molecule has 0 saturated heterocycles. The van der Waals surface area contributed by atoms with Crippen LogP contribution < -0.4 is 10.7 Å². The number of nitrogens with one attached hydrogen (secondary N) is 1. The zero-order valence-corrected chi connectivity index (χ0v) is 9.98. The highest BCUT2D eigenvalue weighted by Gasteiger charge is 2.08. The van der Waals surface area contributed by atoms with Crippen molar-refractivity contribution >= 4 is 17.7 Å². The second-order valence-electron chi connectivity index (χ2n) is 4.65. The predicted molar refractivity (Wildman–Crippen MR) is 71.4 cm³/mol. The summed E-state index contributed by atoms with van der Waals surface area (Å²) in [4.78, 5) is 8.08. The first-order chi connectivity index (χ1) is 8.33. The van der Waals surface area contributed by atoms with Crippen molar-refractivity contribution in [1.82, 2.24) is 9.97 Å². The van der Waals surface area contributed by atoms with Crippen LogP contribution in [0.4, 0.5) is 0 Å². The normalized spacial score (nSPS) is 22.2. The first-order valence-electron chi connectivity index (χ1n) is 6.15. The maximum Gasteiger partial charge on any atom is 0.138 e. The molecule has 86 valence electrons. The molecule has 17 heavy (non-hydrogen) atoms. The summed E-state index contributed by atoms with van der Waals surface area (Å²) in [5, 5.41) is 2.27. The van der Waals surface area contributed by atoms with Gasteiger partial charge in [-0.05, 0) is 18.8 Å². The Balaban J connectivity index is 2.07. The zero-order chi connectivity index (χ0) is 11.7. The Labute approximate surface area is 101 Å². The van der Waals surface area contributed by atoms with E-state index >= 15 is 0 Å². The van der Waals surface area contributed by atoms with Crippen molar-refractivity contribution in [2.75, 3.05) is 0 Å². The van der Waals surface area contributed by atoms with Crippen LogP contribution in [-0.2, 0) is 0 Å². The highest BCUT2D eigenvalue weighted by molar-refractivity contribution is 5.70. The lowest BCUT2D eigenvalue weighted by Crippen LogP contribution is -2.28. The summed E-state index contributed by atoms with van der Waals surface area (Å²) in [6.45, 7) is 2.23. The van der Waals surface area contributed by atoms with Crippen LogP contribution in [-0.4, -0.2) is 9.97 Å². The van der Waals surface area contributed by atoms with E-state index in [0.29, 0.717) is 5.92 Å². The van der Waals surface area contributed by atoms with E-state index < -0.39 is 0 Å². The number of aromatic nitrogens is 2. The molecule has 0 aromatic carbocycles. The highest BCUT2D eigenvalue weighted by atomic mass is 14.9. The molecule has 0 radical (unpaired) electrons. The summed E-state index contributed by atoms with van der Waals surface area (Å²) in [5.41, 5.74) is 1.18. The monoisotopic (exact) mass is 224 g/mol. The quantitative estimate of drug-likeness (QED) is 0.775. The van der Waals surface area contributed by atoms with E-state index in [1.54, 1.807) is 0 Å². The second-order valence-corrected chi connectivity index (χ2v) is 4.65. The van der Waals surface area contributed by atoms with Gasteiger partial charge in [0.1, 0.15) is 5.82 Å². The number of hydrogen-bond acceptors (Lipinski definition) is 1. The molecule has 3 rings (SSSR count). The minimum absolute atomic E-state index is 0.608. The summed E-state index contributed by atoms with van der Waals surface area (Å²) in [6.07, 6.45) is 17.1. The van der Waals surface area contributed by atoms with Crippen molar-refractivity contribution < 1.29 is 0 Å². The highest BCUT2D eigenvalue weighted by Crippen LogP contribution is 2.13. The van der Waals surface area contributed by atoms with Gasteiger partial charge in [0.05, 0.1) is 10.7 Å². The fourth-order valence-electron chi connectivity index (χ4n) is 2.22. The van der Waals surface area contributed by atoms with Crippen LogP contribution in [0.25, 0.3) is 17.7 Å². The maximum atomic E-state index is 4.66. The standard InChI is InChI=1S/C15H16N2/c1-11-8-9-13-14(10-11)17-15(16-13)12-6-4-2-3-5-7-12/h2-4,6-7,9-11H,5,8H2,1H3,(H,16,17). The number of hydrogen-bond donors (Lipinski definition) is 1. The molecule has 2 aliphatic carbocycles. The van der Waals surface area contributed by atoms with Crippen molar-refractivity contribution in [3.8, 4) is 0 Å².